The molecule has 0 bridgehead atoms. The molecular formula is C16H18N4O2. The minimum absolute atomic E-state index is 0.00693. The molecule has 0 aliphatic heterocycles. The van der Waals surface area contributed by atoms with Gasteiger partial charge >= 0.3 is 0 Å². The maximum atomic E-state index is 11.7. The molecule has 0 atom stereocenters. The van der Waals surface area contributed by atoms with Crippen LogP contribution < -0.4 is 10.6 Å². The van der Waals surface area contributed by atoms with Crippen LogP contribution in [-0.2, 0) is 0 Å². The molecule has 1 amide bonds. The molecule has 6 heteroatoms. The molecule has 0 unspecified atom stereocenters. The van der Waals surface area contributed by atoms with E-state index in [1.807, 2.05) is 13.0 Å². The van der Waals surface area contributed by atoms with Crippen molar-refractivity contribution in [3.63, 3.8) is 0 Å². The number of amides is 1. The monoisotopic (exact) mass is 298 g/mol. The molecule has 0 saturated carbocycles. The molecule has 0 spiro atoms. The van der Waals surface area contributed by atoms with Crippen LogP contribution in [-0.4, -0.2) is 28.2 Å². The maximum Gasteiger partial charge on any atom is 0.254 e. The number of benzene rings is 1. The maximum absolute atomic E-state index is 11.7. The first-order valence-corrected chi connectivity index (χ1v) is 7.08. The van der Waals surface area contributed by atoms with Crippen LogP contribution in [0.15, 0.2) is 36.7 Å². The van der Waals surface area contributed by atoms with Crippen molar-refractivity contribution in [1.29, 1.82) is 0 Å². The van der Waals surface area contributed by atoms with Gasteiger partial charge in [-0.2, -0.15) is 0 Å². The minimum atomic E-state index is -0.188. The van der Waals surface area contributed by atoms with E-state index in [1.54, 1.807) is 18.2 Å². The highest BCUT2D eigenvalue weighted by Crippen LogP contribution is 2.15. The number of hydrogen-bond acceptors (Lipinski definition) is 5. The molecule has 1 aromatic carbocycles. The zero-order valence-corrected chi connectivity index (χ0v) is 12.6. The van der Waals surface area contributed by atoms with Crippen LogP contribution in [0.25, 0.3) is 0 Å². The summed E-state index contributed by atoms with van der Waals surface area (Å²) in [5, 5.41) is 5.76. The van der Waals surface area contributed by atoms with Gasteiger partial charge in [0.05, 0.1) is 5.56 Å². The standard InChI is InChI=1S/C16H18N4O2/c1-3-7-17-15(22)13-9-18-16(19-10-13)20-14-6-4-5-12(8-14)11(2)21/h4-6,8-10H,3,7H2,1-2H3,(H,17,22)(H,18,19,20). The first-order valence-electron chi connectivity index (χ1n) is 7.08. The highest BCUT2D eigenvalue weighted by Gasteiger charge is 2.07. The molecule has 1 heterocycles. The number of carbonyl (C=O) groups is 2. The summed E-state index contributed by atoms with van der Waals surface area (Å²) < 4.78 is 0. The lowest BCUT2D eigenvalue weighted by atomic mass is 10.1. The summed E-state index contributed by atoms with van der Waals surface area (Å²) in [6.07, 6.45) is 3.81. The van der Waals surface area contributed by atoms with Crippen LogP contribution in [0.2, 0.25) is 0 Å². The molecule has 2 aromatic rings. The second kappa shape index (κ2) is 7.31. The van der Waals surface area contributed by atoms with Crippen molar-refractivity contribution in [3.8, 4) is 0 Å². The molecule has 22 heavy (non-hydrogen) atoms. The molecule has 0 aliphatic rings. The van der Waals surface area contributed by atoms with Gasteiger partial charge in [0.15, 0.2) is 5.78 Å². The van der Waals surface area contributed by atoms with E-state index in [0.29, 0.717) is 23.6 Å². The van der Waals surface area contributed by atoms with Crippen molar-refractivity contribution in [1.82, 2.24) is 15.3 Å². The minimum Gasteiger partial charge on any atom is -0.352 e. The van der Waals surface area contributed by atoms with Crippen LogP contribution in [0.3, 0.4) is 0 Å². The third-order valence-corrected chi connectivity index (χ3v) is 2.97. The predicted octanol–water partition coefficient (Wildman–Crippen LogP) is 2.56. The molecule has 2 rings (SSSR count). The number of rotatable bonds is 6. The molecule has 0 saturated heterocycles. The largest absolute Gasteiger partial charge is 0.352 e. The predicted molar refractivity (Wildman–Crippen MR) is 84.4 cm³/mol. The van der Waals surface area contributed by atoms with E-state index in [2.05, 4.69) is 20.6 Å². The number of carbonyl (C=O) groups excluding carboxylic acids is 2. The SMILES string of the molecule is CCCNC(=O)c1cnc(Nc2cccc(C(C)=O)c2)nc1. The van der Waals surface area contributed by atoms with E-state index in [1.165, 1.54) is 19.3 Å². The third-order valence-electron chi connectivity index (χ3n) is 2.97. The first kappa shape index (κ1) is 15.6. The lowest BCUT2D eigenvalue weighted by molar-refractivity contribution is 0.0952. The van der Waals surface area contributed by atoms with Gasteiger partial charge in [0.25, 0.3) is 5.91 Å². The van der Waals surface area contributed by atoms with Gasteiger partial charge in [0, 0.05) is 30.2 Å². The highest BCUT2D eigenvalue weighted by molar-refractivity contribution is 5.95. The van der Waals surface area contributed by atoms with Crippen molar-refractivity contribution < 1.29 is 9.59 Å². The summed E-state index contributed by atoms with van der Waals surface area (Å²) in [6.45, 7) is 4.12. The van der Waals surface area contributed by atoms with E-state index < -0.39 is 0 Å². The smallest absolute Gasteiger partial charge is 0.254 e. The Bertz CT molecular complexity index is 668. The van der Waals surface area contributed by atoms with Gasteiger partial charge < -0.3 is 10.6 Å². The number of Topliss-reactive ketones (excluding diaryl/α,β-unsaturated/α-hetero) is 1. The Morgan fingerprint density at radius 2 is 1.86 bits per heavy atom. The van der Waals surface area contributed by atoms with Gasteiger partial charge in [-0.05, 0) is 25.5 Å². The zero-order valence-electron chi connectivity index (χ0n) is 12.6. The van der Waals surface area contributed by atoms with Gasteiger partial charge in [0.1, 0.15) is 0 Å². The Morgan fingerprint density at radius 1 is 1.14 bits per heavy atom. The summed E-state index contributed by atoms with van der Waals surface area (Å²) in [6, 6.07) is 7.08. The molecule has 1 aromatic heterocycles. The summed E-state index contributed by atoms with van der Waals surface area (Å²) in [5.41, 5.74) is 1.74. The Kier molecular flexibility index (Phi) is 5.19. The number of nitrogens with zero attached hydrogens (tertiary/aromatic N) is 2. The quantitative estimate of drug-likeness (QED) is 0.801. The van der Waals surface area contributed by atoms with Gasteiger partial charge in [-0.15, -0.1) is 0 Å². The zero-order chi connectivity index (χ0) is 15.9. The van der Waals surface area contributed by atoms with Gasteiger partial charge in [-0.1, -0.05) is 19.1 Å². The molecule has 114 valence electrons. The molecule has 0 radical (unpaired) electrons. The van der Waals surface area contributed by atoms with Crippen LogP contribution in [0, 0.1) is 0 Å². The second-order valence-corrected chi connectivity index (χ2v) is 4.81. The van der Waals surface area contributed by atoms with E-state index in [0.717, 1.165) is 12.1 Å². The number of hydrogen-bond donors (Lipinski definition) is 2. The third kappa shape index (κ3) is 4.12. The normalized spacial score (nSPS) is 10.1. The van der Waals surface area contributed by atoms with E-state index in [9.17, 15) is 9.59 Å². The topological polar surface area (TPSA) is 84.0 Å². The van der Waals surface area contributed by atoms with E-state index >= 15 is 0 Å². The Morgan fingerprint density at radius 3 is 2.50 bits per heavy atom. The van der Waals surface area contributed by atoms with Gasteiger partial charge in [-0.25, -0.2) is 9.97 Å². The van der Waals surface area contributed by atoms with Crippen molar-refractivity contribution >= 4 is 23.3 Å². The Hall–Kier alpha value is -2.76. The fourth-order valence-electron chi connectivity index (χ4n) is 1.80. The fraction of sp³-hybridized carbons (Fsp3) is 0.250. The van der Waals surface area contributed by atoms with Gasteiger partial charge in [0.2, 0.25) is 5.95 Å². The number of nitrogens with one attached hydrogen (secondary N) is 2. The first-order chi connectivity index (χ1) is 10.6. The van der Waals surface area contributed by atoms with Crippen molar-refractivity contribution in [2.24, 2.45) is 0 Å². The molecular weight excluding hydrogens is 280 g/mol. The van der Waals surface area contributed by atoms with Gasteiger partial charge in [-0.3, -0.25) is 9.59 Å². The summed E-state index contributed by atoms with van der Waals surface area (Å²) in [4.78, 5) is 31.3. The van der Waals surface area contributed by atoms with Crippen molar-refractivity contribution in [2.75, 3.05) is 11.9 Å². The number of ketones is 1. The summed E-state index contributed by atoms with van der Waals surface area (Å²) >= 11 is 0. The van der Waals surface area contributed by atoms with Crippen LogP contribution in [0.5, 0.6) is 0 Å². The Balaban J connectivity index is 2.06. The van der Waals surface area contributed by atoms with Crippen LogP contribution >= 0.6 is 0 Å². The average Bonchev–Trinajstić information content (AvgIpc) is 2.53. The fourth-order valence-corrected chi connectivity index (χ4v) is 1.80. The summed E-state index contributed by atoms with van der Waals surface area (Å²) in [5.74, 6) is 0.173. The molecule has 0 fully saturated rings. The molecule has 0 aliphatic carbocycles. The molecule has 2 N–H and O–H groups in total. The lowest BCUT2D eigenvalue weighted by Gasteiger charge is -2.07. The average molecular weight is 298 g/mol. The van der Waals surface area contributed by atoms with Crippen molar-refractivity contribution in [2.45, 2.75) is 20.3 Å². The molecule has 6 nitrogen and oxygen atoms in total. The van der Waals surface area contributed by atoms with Crippen LogP contribution in [0.4, 0.5) is 11.6 Å². The van der Waals surface area contributed by atoms with Crippen LogP contribution in [0.1, 0.15) is 41.0 Å². The lowest BCUT2D eigenvalue weighted by Crippen LogP contribution is -2.24. The van der Waals surface area contributed by atoms with E-state index in [-0.39, 0.29) is 11.7 Å². The van der Waals surface area contributed by atoms with Crippen molar-refractivity contribution in [3.05, 3.63) is 47.8 Å². The second-order valence-electron chi connectivity index (χ2n) is 4.81. The number of aromatic nitrogens is 2. The Labute approximate surface area is 129 Å². The highest BCUT2D eigenvalue weighted by atomic mass is 16.1. The summed E-state index contributed by atoms with van der Waals surface area (Å²) in [7, 11) is 0. The number of anilines is 2. The van der Waals surface area contributed by atoms with E-state index in [4.69, 9.17) is 0 Å².